The molecule has 1 aromatic carbocycles. The van der Waals surface area contributed by atoms with Crippen molar-refractivity contribution in [3.8, 4) is 5.75 Å². The number of benzene rings is 1. The van der Waals surface area contributed by atoms with E-state index in [-0.39, 0.29) is 5.75 Å². The molecule has 0 saturated heterocycles. The predicted octanol–water partition coefficient (Wildman–Crippen LogP) is 2.16. The average molecular weight is 199 g/mol. The molecule has 0 fully saturated rings. The summed E-state index contributed by atoms with van der Waals surface area (Å²) in [6, 6.07) is 1.41. The molecule has 1 atom stereocenters. The van der Waals surface area contributed by atoms with Crippen molar-refractivity contribution in [2.75, 3.05) is 7.11 Å². The van der Waals surface area contributed by atoms with Gasteiger partial charge in [0, 0.05) is 11.6 Å². The van der Waals surface area contributed by atoms with Gasteiger partial charge in [-0.15, -0.1) is 6.58 Å². The number of ether oxygens (including phenoxy) is 1. The van der Waals surface area contributed by atoms with E-state index >= 15 is 0 Å². The molecule has 0 spiro atoms. The molecule has 0 aliphatic heterocycles. The monoisotopic (exact) mass is 199 g/mol. The summed E-state index contributed by atoms with van der Waals surface area (Å²) in [5.41, 5.74) is 5.98. The molecule has 4 heteroatoms. The Bertz CT molecular complexity index is 352. The normalized spacial score (nSPS) is 12.3. The van der Waals surface area contributed by atoms with Gasteiger partial charge in [-0.2, -0.15) is 0 Å². The Morgan fingerprint density at radius 3 is 2.50 bits per heavy atom. The molecule has 0 amide bonds. The Morgan fingerprint density at radius 1 is 1.43 bits per heavy atom. The number of hydrogen-bond acceptors (Lipinski definition) is 2. The van der Waals surface area contributed by atoms with E-state index in [0.717, 1.165) is 12.1 Å². The minimum Gasteiger partial charge on any atom is -0.496 e. The molecule has 0 unspecified atom stereocenters. The van der Waals surface area contributed by atoms with Crippen LogP contribution in [0.5, 0.6) is 5.75 Å². The van der Waals surface area contributed by atoms with Gasteiger partial charge in [-0.3, -0.25) is 0 Å². The molecular weight excluding hydrogens is 188 g/mol. The van der Waals surface area contributed by atoms with Crippen LogP contribution >= 0.6 is 0 Å². The molecular formula is C10H11F2NO. The largest absolute Gasteiger partial charge is 0.496 e. The zero-order chi connectivity index (χ0) is 10.7. The summed E-state index contributed by atoms with van der Waals surface area (Å²) in [7, 11) is 1.37. The van der Waals surface area contributed by atoms with Crippen LogP contribution in [0.3, 0.4) is 0 Å². The minimum absolute atomic E-state index is 0.219. The van der Waals surface area contributed by atoms with Gasteiger partial charge in [-0.25, -0.2) is 8.78 Å². The fourth-order valence-corrected chi connectivity index (χ4v) is 1.11. The van der Waals surface area contributed by atoms with E-state index in [9.17, 15) is 8.78 Å². The van der Waals surface area contributed by atoms with Gasteiger partial charge in [0.2, 0.25) is 0 Å². The zero-order valence-electron chi connectivity index (χ0n) is 7.76. The number of methoxy groups -OCH3 is 1. The van der Waals surface area contributed by atoms with Gasteiger partial charge in [0.25, 0.3) is 0 Å². The van der Waals surface area contributed by atoms with Crippen LogP contribution in [0.2, 0.25) is 0 Å². The highest BCUT2D eigenvalue weighted by Gasteiger charge is 2.13. The molecule has 2 N–H and O–H groups in total. The zero-order valence-corrected chi connectivity index (χ0v) is 7.76. The van der Waals surface area contributed by atoms with Crippen LogP contribution in [-0.4, -0.2) is 7.11 Å². The average Bonchev–Trinajstić information content (AvgIpc) is 2.20. The molecule has 1 aromatic rings. The van der Waals surface area contributed by atoms with Gasteiger partial charge >= 0.3 is 0 Å². The van der Waals surface area contributed by atoms with Crippen LogP contribution < -0.4 is 10.5 Å². The smallest absolute Gasteiger partial charge is 0.162 e. The Hall–Kier alpha value is -1.42. The molecule has 0 bridgehead atoms. The van der Waals surface area contributed by atoms with E-state index in [1.807, 2.05) is 0 Å². The van der Waals surface area contributed by atoms with Crippen molar-refractivity contribution in [2.24, 2.45) is 5.73 Å². The van der Waals surface area contributed by atoms with Crippen LogP contribution in [-0.2, 0) is 0 Å². The van der Waals surface area contributed by atoms with Gasteiger partial charge in [-0.05, 0) is 6.07 Å². The predicted molar refractivity (Wildman–Crippen MR) is 50.0 cm³/mol. The summed E-state index contributed by atoms with van der Waals surface area (Å²) in [4.78, 5) is 0. The highest BCUT2D eigenvalue weighted by molar-refractivity contribution is 5.38. The molecule has 0 aliphatic carbocycles. The Morgan fingerprint density at radius 2 is 2.00 bits per heavy atom. The SMILES string of the molecule is C=C[C@@H](N)c1cc(F)c(F)cc1OC. The molecule has 0 radical (unpaired) electrons. The first-order chi connectivity index (χ1) is 6.60. The lowest BCUT2D eigenvalue weighted by Crippen LogP contribution is -2.09. The lowest BCUT2D eigenvalue weighted by Gasteiger charge is -2.12. The third-order valence-corrected chi connectivity index (χ3v) is 1.89. The van der Waals surface area contributed by atoms with Crippen LogP contribution in [0, 0.1) is 11.6 Å². The van der Waals surface area contributed by atoms with E-state index in [1.165, 1.54) is 13.2 Å². The summed E-state index contributed by atoms with van der Waals surface area (Å²) in [6.07, 6.45) is 1.43. The Balaban J connectivity index is 3.26. The van der Waals surface area contributed by atoms with E-state index in [0.29, 0.717) is 5.56 Å². The van der Waals surface area contributed by atoms with E-state index < -0.39 is 17.7 Å². The summed E-state index contributed by atoms with van der Waals surface area (Å²) >= 11 is 0. The molecule has 0 saturated carbocycles. The second-order valence-corrected chi connectivity index (χ2v) is 2.77. The maximum atomic E-state index is 12.9. The molecule has 0 aliphatic rings. The summed E-state index contributed by atoms with van der Waals surface area (Å²) < 4.78 is 30.5. The van der Waals surface area contributed by atoms with Gasteiger partial charge < -0.3 is 10.5 Å². The van der Waals surface area contributed by atoms with Crippen molar-refractivity contribution in [3.05, 3.63) is 42.0 Å². The maximum Gasteiger partial charge on any atom is 0.162 e. The molecule has 1 rings (SSSR count). The van der Waals surface area contributed by atoms with E-state index in [2.05, 4.69) is 6.58 Å². The van der Waals surface area contributed by atoms with Gasteiger partial charge in [-0.1, -0.05) is 6.08 Å². The number of rotatable bonds is 3. The lowest BCUT2D eigenvalue weighted by molar-refractivity contribution is 0.399. The van der Waals surface area contributed by atoms with Crippen molar-refractivity contribution >= 4 is 0 Å². The van der Waals surface area contributed by atoms with Crippen molar-refractivity contribution in [1.82, 2.24) is 0 Å². The first-order valence-corrected chi connectivity index (χ1v) is 4.01. The van der Waals surface area contributed by atoms with Crippen LogP contribution in [0.15, 0.2) is 24.8 Å². The highest BCUT2D eigenvalue weighted by atomic mass is 19.2. The number of nitrogens with two attached hydrogens (primary N) is 1. The first-order valence-electron chi connectivity index (χ1n) is 4.01. The van der Waals surface area contributed by atoms with E-state index in [4.69, 9.17) is 10.5 Å². The Kier molecular flexibility index (Phi) is 3.19. The second kappa shape index (κ2) is 4.19. The van der Waals surface area contributed by atoms with Gasteiger partial charge in [0.15, 0.2) is 11.6 Å². The summed E-state index contributed by atoms with van der Waals surface area (Å²) in [5.74, 6) is -1.68. The van der Waals surface area contributed by atoms with Gasteiger partial charge in [0.1, 0.15) is 5.75 Å². The molecule has 76 valence electrons. The summed E-state index contributed by atoms with van der Waals surface area (Å²) in [5, 5.41) is 0. The molecule has 0 heterocycles. The molecule has 14 heavy (non-hydrogen) atoms. The molecule has 2 nitrogen and oxygen atoms in total. The summed E-state index contributed by atoms with van der Waals surface area (Å²) in [6.45, 7) is 3.47. The van der Waals surface area contributed by atoms with Crippen LogP contribution in [0.25, 0.3) is 0 Å². The Labute approximate surface area is 81.0 Å². The standard InChI is InChI=1S/C10H11F2NO/c1-3-9(13)6-4-7(11)8(12)5-10(6)14-2/h3-5,9H,1,13H2,2H3/t9-/m1/s1. The van der Waals surface area contributed by atoms with Crippen molar-refractivity contribution in [1.29, 1.82) is 0 Å². The second-order valence-electron chi connectivity index (χ2n) is 2.77. The van der Waals surface area contributed by atoms with Crippen molar-refractivity contribution in [2.45, 2.75) is 6.04 Å². The molecule has 0 aromatic heterocycles. The minimum atomic E-state index is -0.957. The number of hydrogen-bond donors (Lipinski definition) is 1. The van der Waals surface area contributed by atoms with Crippen LogP contribution in [0.1, 0.15) is 11.6 Å². The topological polar surface area (TPSA) is 35.2 Å². The first kappa shape index (κ1) is 10.7. The number of halogens is 2. The fraction of sp³-hybridized carbons (Fsp3) is 0.200. The lowest BCUT2D eigenvalue weighted by atomic mass is 10.1. The third kappa shape index (κ3) is 1.90. The maximum absolute atomic E-state index is 12.9. The quantitative estimate of drug-likeness (QED) is 0.757. The van der Waals surface area contributed by atoms with Crippen molar-refractivity contribution in [3.63, 3.8) is 0 Å². The van der Waals surface area contributed by atoms with E-state index in [1.54, 1.807) is 0 Å². The van der Waals surface area contributed by atoms with Crippen LogP contribution in [0.4, 0.5) is 8.78 Å². The van der Waals surface area contributed by atoms with Crippen molar-refractivity contribution < 1.29 is 13.5 Å². The van der Waals surface area contributed by atoms with Gasteiger partial charge in [0.05, 0.1) is 13.2 Å². The highest BCUT2D eigenvalue weighted by Crippen LogP contribution is 2.26. The third-order valence-electron chi connectivity index (χ3n) is 1.89. The fourth-order valence-electron chi connectivity index (χ4n) is 1.11.